The van der Waals surface area contributed by atoms with Crippen molar-refractivity contribution in [3.05, 3.63) is 11.6 Å². The Morgan fingerprint density at radius 1 is 1.03 bits per heavy atom. The Bertz CT molecular complexity index is 864. The zero-order valence-electron chi connectivity index (χ0n) is 21.3. The summed E-state index contributed by atoms with van der Waals surface area (Å²) in [6.45, 7) is 9.36. The fourth-order valence-electron chi connectivity index (χ4n) is 8.27. The number of rotatable bonds is 5. The van der Waals surface area contributed by atoms with Crippen molar-refractivity contribution in [1.82, 2.24) is 0 Å². The van der Waals surface area contributed by atoms with Gasteiger partial charge in [-0.15, -0.1) is 0 Å². The molecule has 0 aromatic heterocycles. The molecule has 0 aromatic carbocycles. The zero-order chi connectivity index (χ0) is 25.5. The maximum absolute atomic E-state index is 13.3. The fourth-order valence-corrected chi connectivity index (χ4v) is 8.27. The van der Waals surface area contributed by atoms with Gasteiger partial charge in [-0.25, -0.2) is 0 Å². The predicted molar refractivity (Wildman–Crippen MR) is 127 cm³/mol. The predicted octanol–water partition coefficient (Wildman–Crippen LogP) is 1.85. The van der Waals surface area contributed by atoms with Gasteiger partial charge in [-0.1, -0.05) is 20.8 Å². The second kappa shape index (κ2) is 8.09. The molecule has 0 bridgehead atoms. The first-order valence-corrected chi connectivity index (χ1v) is 13.0. The van der Waals surface area contributed by atoms with Crippen LogP contribution < -0.4 is 0 Å². The highest BCUT2D eigenvalue weighted by molar-refractivity contribution is 6.00. The minimum atomic E-state index is -1.76. The van der Waals surface area contributed by atoms with Crippen LogP contribution in [0.1, 0.15) is 86.0 Å². The van der Waals surface area contributed by atoms with E-state index >= 15 is 0 Å². The second-order valence-electron chi connectivity index (χ2n) is 13.1. The van der Waals surface area contributed by atoms with Crippen molar-refractivity contribution in [2.75, 3.05) is 0 Å². The molecule has 7 heteroatoms. The summed E-state index contributed by atoms with van der Waals surface area (Å²) in [4.78, 5) is 13.3. The second-order valence-corrected chi connectivity index (χ2v) is 13.1. The first kappa shape index (κ1) is 26.2. The molecule has 0 spiro atoms. The van der Waals surface area contributed by atoms with E-state index in [9.17, 15) is 35.4 Å². The van der Waals surface area contributed by atoms with E-state index in [1.165, 1.54) is 6.08 Å². The van der Waals surface area contributed by atoms with Gasteiger partial charge < -0.3 is 30.6 Å². The molecule has 3 saturated carbocycles. The number of ketones is 1. The molecular formula is C27H44O7. The molecule has 7 nitrogen and oxygen atoms in total. The monoisotopic (exact) mass is 480 g/mol. The van der Waals surface area contributed by atoms with E-state index in [1.54, 1.807) is 13.8 Å². The van der Waals surface area contributed by atoms with E-state index in [0.29, 0.717) is 44.1 Å². The molecule has 3 fully saturated rings. The normalized spacial score (nSPS) is 48.4. The Morgan fingerprint density at radius 2 is 1.65 bits per heavy atom. The van der Waals surface area contributed by atoms with E-state index in [2.05, 4.69) is 6.92 Å². The number of hydrogen-bond acceptors (Lipinski definition) is 7. The number of fused-ring (bicyclic) bond motifs is 5. The smallest absolute Gasteiger partial charge is 0.187 e. The van der Waals surface area contributed by atoms with Crippen LogP contribution in [0.15, 0.2) is 11.6 Å². The van der Waals surface area contributed by atoms with E-state index in [4.69, 9.17) is 0 Å². The summed E-state index contributed by atoms with van der Waals surface area (Å²) in [7, 11) is 0. The number of aliphatic hydroxyl groups is 6. The summed E-state index contributed by atoms with van der Waals surface area (Å²) in [5, 5.41) is 65.4. The summed E-state index contributed by atoms with van der Waals surface area (Å²) in [6.07, 6.45) is 2.04. The molecule has 0 saturated heterocycles. The molecule has 0 amide bonds. The average Bonchev–Trinajstić information content (AvgIpc) is 3.00. The highest BCUT2D eigenvalue weighted by Gasteiger charge is 2.70. The third-order valence-corrected chi connectivity index (χ3v) is 10.7. The Labute approximate surface area is 202 Å². The van der Waals surface area contributed by atoms with E-state index in [-0.39, 0.29) is 30.6 Å². The van der Waals surface area contributed by atoms with Crippen LogP contribution in [0.25, 0.3) is 0 Å². The maximum Gasteiger partial charge on any atom is 0.187 e. The van der Waals surface area contributed by atoms with Crippen molar-refractivity contribution < 1.29 is 35.4 Å². The molecular weight excluding hydrogens is 436 g/mol. The van der Waals surface area contributed by atoms with Crippen LogP contribution in [0, 0.1) is 28.6 Å². The maximum atomic E-state index is 13.3. The van der Waals surface area contributed by atoms with Crippen molar-refractivity contribution in [2.24, 2.45) is 28.6 Å². The molecule has 0 radical (unpaired) electrons. The summed E-state index contributed by atoms with van der Waals surface area (Å²) in [6, 6.07) is 0. The third-order valence-electron chi connectivity index (χ3n) is 10.7. The van der Waals surface area contributed by atoms with Crippen molar-refractivity contribution in [1.29, 1.82) is 0 Å². The Balaban J connectivity index is 1.66. The van der Waals surface area contributed by atoms with Gasteiger partial charge in [0.15, 0.2) is 5.78 Å². The van der Waals surface area contributed by atoms with Crippen LogP contribution in [0.5, 0.6) is 0 Å². The van der Waals surface area contributed by atoms with E-state index < -0.39 is 51.7 Å². The molecule has 6 N–H and O–H groups in total. The van der Waals surface area contributed by atoms with Gasteiger partial charge in [0.05, 0.1) is 29.5 Å². The molecule has 34 heavy (non-hydrogen) atoms. The highest BCUT2D eigenvalue weighted by Crippen LogP contribution is 2.68. The minimum absolute atomic E-state index is 0.0404. The molecule has 0 unspecified atom stereocenters. The zero-order valence-corrected chi connectivity index (χ0v) is 21.3. The van der Waals surface area contributed by atoms with Crippen LogP contribution in [-0.4, -0.2) is 71.5 Å². The van der Waals surface area contributed by atoms with Crippen LogP contribution in [0.2, 0.25) is 0 Å². The molecule has 0 aromatic rings. The molecule has 10 atom stereocenters. The molecule has 4 aliphatic rings. The molecule has 4 aliphatic carbocycles. The first-order chi connectivity index (χ1) is 15.5. The van der Waals surface area contributed by atoms with Gasteiger partial charge in [-0.2, -0.15) is 0 Å². The average molecular weight is 481 g/mol. The van der Waals surface area contributed by atoms with Gasteiger partial charge in [0.25, 0.3) is 0 Å². The van der Waals surface area contributed by atoms with Crippen molar-refractivity contribution in [3.8, 4) is 0 Å². The minimum Gasteiger partial charge on any atom is -0.393 e. The molecule has 0 aliphatic heterocycles. The number of hydrogen-bond donors (Lipinski definition) is 6. The largest absolute Gasteiger partial charge is 0.393 e. The lowest BCUT2D eigenvalue weighted by Gasteiger charge is -2.62. The topological polar surface area (TPSA) is 138 Å². The van der Waals surface area contributed by atoms with Crippen LogP contribution in [0.3, 0.4) is 0 Å². The van der Waals surface area contributed by atoms with Gasteiger partial charge >= 0.3 is 0 Å². The first-order valence-electron chi connectivity index (χ1n) is 13.0. The van der Waals surface area contributed by atoms with Crippen LogP contribution in [0.4, 0.5) is 0 Å². The SMILES string of the molecule is C[C@H]([C@H](O)CCC(C)(C)O)[C@H]1CC[C@@]2(O)C3=CC(=O)[C@]4(O)C[C@@H](O)[C@@H](O)C[C@]4(C)[C@H]3CC[C@]12C. The van der Waals surface area contributed by atoms with Crippen LogP contribution in [-0.2, 0) is 4.79 Å². The Kier molecular flexibility index (Phi) is 6.24. The van der Waals surface area contributed by atoms with Gasteiger partial charge in [-0.05, 0) is 88.2 Å². The lowest BCUT2D eigenvalue weighted by Crippen LogP contribution is -2.68. The molecule has 4 rings (SSSR count). The van der Waals surface area contributed by atoms with Gasteiger partial charge in [0.2, 0.25) is 0 Å². The number of carbonyl (C=O) groups excluding carboxylic acids is 1. The molecule has 194 valence electrons. The van der Waals surface area contributed by atoms with Crippen molar-refractivity contribution in [2.45, 2.75) is 121 Å². The van der Waals surface area contributed by atoms with Gasteiger partial charge in [0.1, 0.15) is 5.60 Å². The molecule has 0 heterocycles. The summed E-state index contributed by atoms with van der Waals surface area (Å²) >= 11 is 0. The third kappa shape index (κ3) is 3.57. The Morgan fingerprint density at radius 3 is 2.26 bits per heavy atom. The number of carbonyl (C=O) groups is 1. The highest BCUT2D eigenvalue weighted by atomic mass is 16.3. The number of aliphatic hydroxyl groups excluding tert-OH is 3. The standard InChI is InChI=1S/C27H44O7/c1-15(19(28)8-9-23(2,3)32)16-7-11-26(33)18-12-22(31)27(34)14-21(30)20(29)13-25(27,5)17(18)6-10-24(16,26)4/h12,15-17,19-21,28-30,32-34H,6-11,13-14H2,1-5H3/t15-,16+,17-,19+,20-,21+,24+,25+,26+,27+/m0/s1. The summed E-state index contributed by atoms with van der Waals surface area (Å²) < 4.78 is 0. The lowest BCUT2D eigenvalue weighted by molar-refractivity contribution is -0.207. The summed E-state index contributed by atoms with van der Waals surface area (Å²) in [5.74, 6) is -0.813. The lowest BCUT2D eigenvalue weighted by atomic mass is 9.44. The van der Waals surface area contributed by atoms with Crippen molar-refractivity contribution in [3.63, 3.8) is 0 Å². The Hall–Kier alpha value is -0.830. The van der Waals surface area contributed by atoms with Gasteiger partial charge in [-0.3, -0.25) is 4.79 Å². The fraction of sp³-hybridized carbons (Fsp3) is 0.889. The summed E-state index contributed by atoms with van der Waals surface area (Å²) in [5.41, 5.74) is -4.70. The van der Waals surface area contributed by atoms with Gasteiger partial charge in [0, 0.05) is 17.3 Å². The van der Waals surface area contributed by atoms with E-state index in [0.717, 1.165) is 0 Å². The van der Waals surface area contributed by atoms with Crippen molar-refractivity contribution >= 4 is 5.78 Å². The quantitative estimate of drug-likeness (QED) is 0.353. The van der Waals surface area contributed by atoms with E-state index in [1.807, 2.05) is 13.8 Å². The van der Waals surface area contributed by atoms with Crippen LogP contribution >= 0.6 is 0 Å².